The van der Waals surface area contributed by atoms with E-state index >= 15 is 0 Å². The first-order chi connectivity index (χ1) is 9.16. The fraction of sp³-hybridized carbons (Fsp3) is 0.267. The number of benzene rings is 1. The first-order valence-electron chi connectivity index (χ1n) is 6.28. The van der Waals surface area contributed by atoms with Gasteiger partial charge in [0.1, 0.15) is 5.82 Å². The summed E-state index contributed by atoms with van der Waals surface area (Å²) in [6, 6.07) is 10.7. The molecule has 1 aromatic carbocycles. The third-order valence-electron chi connectivity index (χ3n) is 3.06. The smallest absolute Gasteiger partial charge is 0.129 e. The van der Waals surface area contributed by atoms with Crippen LogP contribution in [0.5, 0.6) is 0 Å². The van der Waals surface area contributed by atoms with Crippen molar-refractivity contribution in [2.75, 3.05) is 19.3 Å². The van der Waals surface area contributed by atoms with Gasteiger partial charge in [-0.25, -0.2) is 4.39 Å². The van der Waals surface area contributed by atoms with Crippen LogP contribution in [0.15, 0.2) is 42.6 Å². The van der Waals surface area contributed by atoms with E-state index in [4.69, 9.17) is 5.73 Å². The van der Waals surface area contributed by atoms with Crippen molar-refractivity contribution in [3.05, 3.63) is 59.7 Å². The molecule has 0 aliphatic rings. The Morgan fingerprint density at radius 2 is 2.05 bits per heavy atom. The second-order valence-corrected chi connectivity index (χ2v) is 4.62. The number of anilines is 1. The number of hydrogen-bond donors (Lipinski definition) is 1. The summed E-state index contributed by atoms with van der Waals surface area (Å²) in [7, 11) is 1.95. The Morgan fingerprint density at radius 3 is 2.74 bits per heavy atom. The minimum atomic E-state index is -0.246. The second-order valence-electron chi connectivity index (χ2n) is 4.62. The molecule has 0 spiro atoms. The lowest BCUT2D eigenvalue weighted by Crippen LogP contribution is -2.22. The largest absolute Gasteiger partial charge is 0.398 e. The highest BCUT2D eigenvalue weighted by atomic mass is 19.1. The van der Waals surface area contributed by atoms with Gasteiger partial charge >= 0.3 is 0 Å². The zero-order valence-electron chi connectivity index (χ0n) is 11.0. The topological polar surface area (TPSA) is 42.2 Å². The SMILES string of the molecule is CN(CCc1ccccn1)Cc1c(N)cccc1F. The van der Waals surface area contributed by atoms with Crippen molar-refractivity contribution in [1.82, 2.24) is 9.88 Å². The van der Waals surface area contributed by atoms with Crippen LogP contribution in [0.3, 0.4) is 0 Å². The Hall–Kier alpha value is -1.94. The van der Waals surface area contributed by atoms with Crippen molar-refractivity contribution in [3.8, 4) is 0 Å². The Balaban J connectivity index is 1.93. The molecule has 0 amide bonds. The van der Waals surface area contributed by atoms with Gasteiger partial charge in [-0.2, -0.15) is 0 Å². The predicted octanol–water partition coefficient (Wildman–Crippen LogP) is 2.48. The first kappa shape index (κ1) is 13.5. The molecule has 3 nitrogen and oxygen atoms in total. The van der Waals surface area contributed by atoms with Gasteiger partial charge in [-0.05, 0) is 31.3 Å². The van der Waals surface area contributed by atoms with E-state index in [0.717, 1.165) is 18.7 Å². The van der Waals surface area contributed by atoms with Gasteiger partial charge in [-0.3, -0.25) is 4.98 Å². The van der Waals surface area contributed by atoms with Crippen LogP contribution in [0, 0.1) is 5.82 Å². The molecule has 2 rings (SSSR count). The highest BCUT2D eigenvalue weighted by Crippen LogP contribution is 2.17. The lowest BCUT2D eigenvalue weighted by Gasteiger charge is -2.18. The van der Waals surface area contributed by atoms with Gasteiger partial charge in [0.25, 0.3) is 0 Å². The summed E-state index contributed by atoms with van der Waals surface area (Å²) < 4.78 is 13.7. The molecule has 0 aliphatic carbocycles. The zero-order chi connectivity index (χ0) is 13.7. The molecule has 0 radical (unpaired) electrons. The molecule has 2 N–H and O–H groups in total. The monoisotopic (exact) mass is 259 g/mol. The molecule has 19 heavy (non-hydrogen) atoms. The van der Waals surface area contributed by atoms with Crippen LogP contribution < -0.4 is 5.73 Å². The van der Waals surface area contributed by atoms with Crippen molar-refractivity contribution < 1.29 is 4.39 Å². The van der Waals surface area contributed by atoms with Crippen molar-refractivity contribution in [2.45, 2.75) is 13.0 Å². The van der Waals surface area contributed by atoms with Crippen LogP contribution in [0.2, 0.25) is 0 Å². The van der Waals surface area contributed by atoms with E-state index in [1.807, 2.05) is 30.1 Å². The summed E-state index contributed by atoms with van der Waals surface area (Å²) >= 11 is 0. The third-order valence-corrected chi connectivity index (χ3v) is 3.06. The molecule has 0 aliphatic heterocycles. The predicted molar refractivity (Wildman–Crippen MR) is 75.1 cm³/mol. The summed E-state index contributed by atoms with van der Waals surface area (Å²) in [6.45, 7) is 1.32. The number of likely N-dealkylation sites (N-methyl/N-ethyl adjacent to an activating group) is 1. The minimum absolute atomic E-state index is 0.246. The summed E-state index contributed by atoms with van der Waals surface area (Å²) in [4.78, 5) is 6.31. The van der Waals surface area contributed by atoms with Gasteiger partial charge in [-0.15, -0.1) is 0 Å². The number of nitrogens with zero attached hydrogens (tertiary/aromatic N) is 2. The molecule has 2 aromatic rings. The van der Waals surface area contributed by atoms with E-state index in [1.165, 1.54) is 6.07 Å². The normalized spacial score (nSPS) is 10.9. The maximum atomic E-state index is 13.7. The number of rotatable bonds is 5. The molecule has 1 heterocycles. The summed E-state index contributed by atoms with van der Waals surface area (Å²) in [5, 5.41) is 0. The van der Waals surface area contributed by atoms with Gasteiger partial charge in [0.15, 0.2) is 0 Å². The molecular formula is C15H18FN3. The molecule has 1 aromatic heterocycles. The van der Waals surface area contributed by atoms with Crippen LogP contribution >= 0.6 is 0 Å². The third kappa shape index (κ3) is 3.76. The highest BCUT2D eigenvalue weighted by molar-refractivity contribution is 5.47. The number of halogens is 1. The molecular weight excluding hydrogens is 241 g/mol. The molecule has 0 saturated carbocycles. The summed E-state index contributed by atoms with van der Waals surface area (Å²) in [6.07, 6.45) is 2.62. The van der Waals surface area contributed by atoms with E-state index in [2.05, 4.69) is 4.98 Å². The van der Waals surface area contributed by atoms with Gasteiger partial charge in [-0.1, -0.05) is 12.1 Å². The van der Waals surface area contributed by atoms with Crippen molar-refractivity contribution in [2.24, 2.45) is 0 Å². The van der Waals surface area contributed by atoms with Gasteiger partial charge in [0, 0.05) is 42.7 Å². The van der Waals surface area contributed by atoms with Crippen molar-refractivity contribution in [3.63, 3.8) is 0 Å². The standard InChI is InChI=1S/C15H18FN3/c1-19(10-8-12-5-2-3-9-18-12)11-13-14(16)6-4-7-15(13)17/h2-7,9H,8,10-11,17H2,1H3. The number of nitrogens with two attached hydrogens (primary N) is 1. The van der Waals surface area contributed by atoms with Crippen LogP contribution in [-0.4, -0.2) is 23.5 Å². The van der Waals surface area contributed by atoms with E-state index in [-0.39, 0.29) is 5.82 Å². The first-order valence-corrected chi connectivity index (χ1v) is 6.28. The summed E-state index contributed by atoms with van der Waals surface area (Å²) in [5.41, 5.74) is 7.90. The molecule has 0 fully saturated rings. The molecule has 100 valence electrons. The highest BCUT2D eigenvalue weighted by Gasteiger charge is 2.09. The van der Waals surface area contributed by atoms with E-state index in [9.17, 15) is 4.39 Å². The number of hydrogen-bond acceptors (Lipinski definition) is 3. The van der Waals surface area contributed by atoms with Crippen molar-refractivity contribution >= 4 is 5.69 Å². The zero-order valence-corrected chi connectivity index (χ0v) is 11.0. The Kier molecular flexibility index (Phi) is 4.47. The number of nitrogen functional groups attached to an aromatic ring is 1. The average molecular weight is 259 g/mol. The van der Waals surface area contributed by atoms with Crippen LogP contribution in [0.4, 0.5) is 10.1 Å². The van der Waals surface area contributed by atoms with Gasteiger partial charge in [0.05, 0.1) is 0 Å². The van der Waals surface area contributed by atoms with Crippen molar-refractivity contribution in [1.29, 1.82) is 0 Å². The molecule has 0 unspecified atom stereocenters. The lowest BCUT2D eigenvalue weighted by atomic mass is 10.1. The van der Waals surface area contributed by atoms with Crippen LogP contribution in [0.25, 0.3) is 0 Å². The van der Waals surface area contributed by atoms with E-state index in [1.54, 1.807) is 18.3 Å². The second kappa shape index (κ2) is 6.29. The number of pyridine rings is 1. The minimum Gasteiger partial charge on any atom is -0.398 e. The fourth-order valence-corrected chi connectivity index (χ4v) is 1.94. The van der Waals surface area contributed by atoms with Gasteiger partial charge in [0.2, 0.25) is 0 Å². The van der Waals surface area contributed by atoms with Gasteiger partial charge < -0.3 is 10.6 Å². The van der Waals surface area contributed by atoms with Crippen LogP contribution in [0.1, 0.15) is 11.3 Å². The molecule has 0 bridgehead atoms. The maximum Gasteiger partial charge on any atom is 0.129 e. The maximum absolute atomic E-state index is 13.7. The Labute approximate surface area is 112 Å². The Morgan fingerprint density at radius 1 is 1.21 bits per heavy atom. The molecule has 4 heteroatoms. The number of aromatic nitrogens is 1. The summed E-state index contributed by atoms with van der Waals surface area (Å²) in [5.74, 6) is -0.246. The van der Waals surface area contributed by atoms with Crippen LogP contribution in [-0.2, 0) is 13.0 Å². The Bertz CT molecular complexity index is 508. The average Bonchev–Trinajstić information content (AvgIpc) is 2.42. The van der Waals surface area contributed by atoms with E-state index in [0.29, 0.717) is 17.8 Å². The fourth-order valence-electron chi connectivity index (χ4n) is 1.94. The molecule has 0 saturated heterocycles. The quantitative estimate of drug-likeness (QED) is 0.839. The lowest BCUT2D eigenvalue weighted by molar-refractivity contribution is 0.325. The molecule has 0 atom stereocenters. The van der Waals surface area contributed by atoms with E-state index < -0.39 is 0 Å².